The number of methoxy groups -OCH3 is 2. The third kappa shape index (κ3) is 8.08. The molecule has 0 aliphatic rings. The Bertz CT molecular complexity index is 1530. The Morgan fingerprint density at radius 3 is 2.12 bits per heavy atom. The van der Waals surface area contributed by atoms with Crippen LogP contribution in [0.3, 0.4) is 0 Å². The van der Waals surface area contributed by atoms with Gasteiger partial charge in [0, 0.05) is 18.2 Å². The van der Waals surface area contributed by atoms with Crippen LogP contribution in [0.15, 0.2) is 71.6 Å². The number of carbonyl (C=O) groups is 2. The highest BCUT2D eigenvalue weighted by molar-refractivity contribution is 7.92. The largest absolute Gasteiger partial charge is 0.493 e. The molecule has 0 aliphatic heterocycles. The normalized spacial score (nSPS) is 12.3. The molecule has 0 spiro atoms. The summed E-state index contributed by atoms with van der Waals surface area (Å²) in [5, 5.41) is 3.52. The number of anilines is 1. The molecule has 0 saturated heterocycles. The zero-order valence-corrected chi connectivity index (χ0v) is 26.7. The van der Waals surface area contributed by atoms with Crippen molar-refractivity contribution in [3.63, 3.8) is 0 Å². The van der Waals surface area contributed by atoms with E-state index in [2.05, 4.69) is 5.32 Å². The SMILES string of the molecule is COc1ccc(S(=O)(=O)N(CC(=O)N(Cc2ccc(Cl)c(Cl)c2)[C@@H](C)C(=O)NC(C)(C)C)c2ccccc2)cc1OC. The van der Waals surface area contributed by atoms with E-state index in [0.29, 0.717) is 16.3 Å². The third-order valence-corrected chi connectivity index (χ3v) is 8.78. The Morgan fingerprint density at radius 1 is 0.905 bits per heavy atom. The summed E-state index contributed by atoms with van der Waals surface area (Å²) >= 11 is 12.3. The predicted octanol–water partition coefficient (Wildman–Crippen LogP) is 5.54. The van der Waals surface area contributed by atoms with Gasteiger partial charge in [0.25, 0.3) is 10.0 Å². The average molecular weight is 637 g/mol. The molecule has 0 radical (unpaired) electrons. The fourth-order valence-corrected chi connectivity index (χ4v) is 5.87. The fourth-order valence-electron chi connectivity index (χ4n) is 4.12. The molecule has 3 rings (SSSR count). The lowest BCUT2D eigenvalue weighted by Gasteiger charge is -2.33. The van der Waals surface area contributed by atoms with Gasteiger partial charge in [-0.05, 0) is 69.7 Å². The zero-order valence-electron chi connectivity index (χ0n) is 24.4. The second-order valence-electron chi connectivity index (χ2n) is 10.5. The van der Waals surface area contributed by atoms with Crippen LogP contribution < -0.4 is 19.1 Å². The van der Waals surface area contributed by atoms with Crippen molar-refractivity contribution in [1.29, 1.82) is 0 Å². The molecule has 2 amide bonds. The second-order valence-corrected chi connectivity index (χ2v) is 13.2. The smallest absolute Gasteiger partial charge is 0.264 e. The topological polar surface area (TPSA) is 105 Å². The summed E-state index contributed by atoms with van der Waals surface area (Å²) in [4.78, 5) is 28.5. The van der Waals surface area contributed by atoms with Gasteiger partial charge in [-0.2, -0.15) is 0 Å². The minimum atomic E-state index is -4.29. The lowest BCUT2D eigenvalue weighted by atomic mass is 10.1. The number of halogens is 2. The van der Waals surface area contributed by atoms with E-state index in [4.69, 9.17) is 32.7 Å². The van der Waals surface area contributed by atoms with Crippen LogP contribution in [0.5, 0.6) is 11.5 Å². The molecule has 1 N–H and O–H groups in total. The molecule has 12 heteroatoms. The van der Waals surface area contributed by atoms with Crippen LogP contribution in [0.4, 0.5) is 5.69 Å². The van der Waals surface area contributed by atoms with Crippen LogP contribution in [0.25, 0.3) is 0 Å². The van der Waals surface area contributed by atoms with E-state index in [1.807, 2.05) is 20.8 Å². The van der Waals surface area contributed by atoms with Crippen LogP contribution in [-0.4, -0.2) is 57.5 Å². The van der Waals surface area contributed by atoms with Gasteiger partial charge in [-0.1, -0.05) is 47.5 Å². The van der Waals surface area contributed by atoms with Gasteiger partial charge in [-0.25, -0.2) is 8.42 Å². The first-order valence-electron chi connectivity index (χ1n) is 13.0. The van der Waals surface area contributed by atoms with Crippen LogP contribution in [0.2, 0.25) is 10.0 Å². The van der Waals surface area contributed by atoms with E-state index in [9.17, 15) is 18.0 Å². The summed E-state index contributed by atoms with van der Waals surface area (Å²) in [6.45, 7) is 6.47. The molecule has 0 heterocycles. The highest BCUT2D eigenvalue weighted by atomic mass is 35.5. The van der Waals surface area contributed by atoms with Gasteiger partial charge in [-0.3, -0.25) is 13.9 Å². The van der Waals surface area contributed by atoms with Crippen molar-refractivity contribution in [2.75, 3.05) is 25.1 Å². The maximum Gasteiger partial charge on any atom is 0.264 e. The molecule has 42 heavy (non-hydrogen) atoms. The molecule has 0 unspecified atom stereocenters. The summed E-state index contributed by atoms with van der Waals surface area (Å²) in [6, 6.07) is 16.4. The van der Waals surface area contributed by atoms with Crippen LogP contribution >= 0.6 is 23.2 Å². The van der Waals surface area contributed by atoms with Gasteiger partial charge in [-0.15, -0.1) is 0 Å². The maximum atomic E-state index is 14.0. The van der Waals surface area contributed by atoms with Crippen molar-refractivity contribution < 1.29 is 27.5 Å². The quantitative estimate of drug-likeness (QED) is 0.297. The number of carbonyl (C=O) groups excluding carboxylic acids is 2. The van der Waals surface area contributed by atoms with E-state index < -0.39 is 40.0 Å². The highest BCUT2D eigenvalue weighted by Gasteiger charge is 2.33. The number of benzene rings is 3. The highest BCUT2D eigenvalue weighted by Crippen LogP contribution is 2.32. The number of hydrogen-bond acceptors (Lipinski definition) is 6. The zero-order chi connectivity index (χ0) is 31.2. The van der Waals surface area contributed by atoms with Crippen molar-refractivity contribution in [3.05, 3.63) is 82.3 Å². The second kappa shape index (κ2) is 13.7. The van der Waals surface area contributed by atoms with Crippen molar-refractivity contribution in [1.82, 2.24) is 10.2 Å². The van der Waals surface area contributed by atoms with Gasteiger partial charge in [0.05, 0.1) is 34.8 Å². The number of nitrogens with one attached hydrogen (secondary N) is 1. The number of rotatable bonds is 11. The van der Waals surface area contributed by atoms with Gasteiger partial charge in [0.1, 0.15) is 12.6 Å². The molecule has 3 aromatic carbocycles. The summed E-state index contributed by atoms with van der Waals surface area (Å²) < 4.78 is 39.6. The molecule has 0 aromatic heterocycles. The molecule has 3 aromatic rings. The monoisotopic (exact) mass is 635 g/mol. The molecule has 0 fully saturated rings. The lowest BCUT2D eigenvalue weighted by Crippen LogP contribution is -2.54. The number of para-hydroxylation sites is 1. The van der Waals surface area contributed by atoms with Crippen LogP contribution in [0, 0.1) is 0 Å². The van der Waals surface area contributed by atoms with E-state index in [1.165, 1.54) is 37.3 Å². The van der Waals surface area contributed by atoms with Crippen molar-refractivity contribution in [3.8, 4) is 11.5 Å². The number of ether oxygens (including phenoxy) is 2. The van der Waals surface area contributed by atoms with Gasteiger partial charge in [0.2, 0.25) is 11.8 Å². The first kappa shape index (κ1) is 33.0. The predicted molar refractivity (Wildman–Crippen MR) is 165 cm³/mol. The molecule has 9 nitrogen and oxygen atoms in total. The van der Waals surface area contributed by atoms with E-state index in [1.54, 1.807) is 55.5 Å². The summed E-state index contributed by atoms with van der Waals surface area (Å²) in [5.74, 6) is -0.438. The molecular weight excluding hydrogens is 601 g/mol. The minimum absolute atomic E-state index is 0.0203. The standard InChI is InChI=1S/C30H35Cl2N3O6S/c1-20(29(37)33-30(2,3)4)34(18-21-12-14-24(31)25(32)16-21)28(36)19-35(22-10-8-7-9-11-22)42(38,39)23-13-15-26(40-5)27(17-23)41-6/h7-17,20H,18-19H2,1-6H3,(H,33,37)/t20-/m0/s1. The fraction of sp³-hybridized carbons (Fsp3) is 0.333. The summed E-state index contributed by atoms with van der Waals surface area (Å²) in [7, 11) is -1.44. The average Bonchev–Trinajstić information content (AvgIpc) is 2.94. The van der Waals surface area contributed by atoms with Gasteiger partial charge < -0.3 is 19.7 Å². The lowest BCUT2D eigenvalue weighted by molar-refractivity contribution is -0.140. The van der Waals surface area contributed by atoms with Crippen LogP contribution in [-0.2, 0) is 26.2 Å². The summed E-state index contributed by atoms with van der Waals surface area (Å²) in [6.07, 6.45) is 0. The first-order valence-corrected chi connectivity index (χ1v) is 15.2. The van der Waals surface area contributed by atoms with Gasteiger partial charge in [0.15, 0.2) is 11.5 Å². The van der Waals surface area contributed by atoms with Crippen molar-refractivity contribution in [2.45, 2.75) is 50.7 Å². The Morgan fingerprint density at radius 2 is 1.55 bits per heavy atom. The van der Waals surface area contributed by atoms with Crippen LogP contribution in [0.1, 0.15) is 33.3 Å². The maximum absolute atomic E-state index is 14.0. The van der Waals surface area contributed by atoms with E-state index >= 15 is 0 Å². The number of nitrogens with zero attached hydrogens (tertiary/aromatic N) is 2. The van der Waals surface area contributed by atoms with Gasteiger partial charge >= 0.3 is 0 Å². The third-order valence-electron chi connectivity index (χ3n) is 6.27. The summed E-state index contributed by atoms with van der Waals surface area (Å²) in [5.41, 5.74) is 0.320. The first-order chi connectivity index (χ1) is 19.7. The number of sulfonamides is 1. The molecule has 1 atom stereocenters. The Balaban J connectivity index is 2.06. The Labute approximate surface area is 257 Å². The molecule has 0 bridgehead atoms. The molecular formula is C30H35Cl2N3O6S. The van der Waals surface area contributed by atoms with E-state index in [-0.39, 0.29) is 27.9 Å². The Hall–Kier alpha value is -3.47. The number of amides is 2. The Kier molecular flexibility index (Phi) is 10.8. The molecule has 226 valence electrons. The molecule has 0 saturated carbocycles. The van der Waals surface area contributed by atoms with Crippen molar-refractivity contribution >= 4 is 50.7 Å². The minimum Gasteiger partial charge on any atom is -0.493 e. The van der Waals surface area contributed by atoms with E-state index in [0.717, 1.165) is 4.31 Å². The number of hydrogen-bond donors (Lipinski definition) is 1. The molecule has 0 aliphatic carbocycles. The van der Waals surface area contributed by atoms with Crippen molar-refractivity contribution in [2.24, 2.45) is 0 Å².